The molecule has 1 aromatic heterocycles. The van der Waals surface area contributed by atoms with Gasteiger partial charge in [-0.25, -0.2) is 0 Å². The second-order valence-electron chi connectivity index (χ2n) is 9.26. The fourth-order valence-corrected chi connectivity index (χ4v) is 4.98. The zero-order valence-electron chi connectivity index (χ0n) is 20.3. The third kappa shape index (κ3) is 4.79. The molecule has 7 nitrogen and oxygen atoms in total. The Balaban J connectivity index is 1.58. The van der Waals surface area contributed by atoms with Gasteiger partial charge in [0.1, 0.15) is 23.0 Å². The second kappa shape index (κ2) is 10.4. The van der Waals surface area contributed by atoms with Crippen molar-refractivity contribution in [2.24, 2.45) is 0 Å². The second-order valence-corrected chi connectivity index (χ2v) is 9.26. The largest absolute Gasteiger partial charge is 0.464 e. The summed E-state index contributed by atoms with van der Waals surface area (Å²) in [4.78, 5) is 29.3. The van der Waals surface area contributed by atoms with E-state index in [1.165, 1.54) is 4.90 Å². The number of para-hydroxylation sites is 2. The molecule has 2 aliphatic rings. The maximum Gasteiger partial charge on any atom is 0.255 e. The first kappa shape index (κ1) is 23.9. The van der Waals surface area contributed by atoms with Gasteiger partial charge in [-0.2, -0.15) is 0 Å². The Kier molecular flexibility index (Phi) is 6.91. The lowest BCUT2D eigenvalue weighted by Crippen LogP contribution is -2.47. The molecule has 1 fully saturated rings. The SMILES string of the molecule is Cc1ccc(C(C(=O)NC2CCCC2)N(CCO)C(=O)C2=Cc3ccccc3Oc3ccccc32)o1. The van der Waals surface area contributed by atoms with Crippen LogP contribution in [0.4, 0.5) is 0 Å². The summed E-state index contributed by atoms with van der Waals surface area (Å²) in [6.45, 7) is 1.45. The number of hydrogen-bond acceptors (Lipinski definition) is 5. The number of benzene rings is 2. The standard InChI is InChI=1S/C29H30N2O5/c1-19-14-15-26(35-19)27(28(33)30-21-9-3-4-10-21)31(16-17-32)29(34)23-18-20-8-2-6-12-24(20)36-25-13-7-5-11-22(23)25/h2,5-8,11-15,18,21,27,32H,3-4,9-10,16-17H2,1H3,(H,30,33). The predicted octanol–water partition coefficient (Wildman–Crippen LogP) is 4.86. The van der Waals surface area contributed by atoms with Crippen LogP contribution in [-0.2, 0) is 9.59 Å². The minimum atomic E-state index is -1.02. The van der Waals surface area contributed by atoms with Gasteiger partial charge in [-0.1, -0.05) is 49.2 Å². The van der Waals surface area contributed by atoms with E-state index < -0.39 is 11.9 Å². The lowest BCUT2D eigenvalue weighted by molar-refractivity contribution is -0.138. The van der Waals surface area contributed by atoms with E-state index in [1.807, 2.05) is 48.5 Å². The zero-order valence-corrected chi connectivity index (χ0v) is 20.3. The zero-order chi connectivity index (χ0) is 25.1. The number of amides is 2. The van der Waals surface area contributed by atoms with E-state index in [1.54, 1.807) is 25.1 Å². The van der Waals surface area contributed by atoms with E-state index >= 15 is 0 Å². The number of nitrogens with one attached hydrogen (secondary N) is 1. The maximum absolute atomic E-state index is 14.2. The van der Waals surface area contributed by atoms with Gasteiger partial charge in [0.15, 0.2) is 6.04 Å². The van der Waals surface area contributed by atoms with Crippen molar-refractivity contribution >= 4 is 23.5 Å². The number of ether oxygens (including phenoxy) is 1. The molecule has 3 aromatic rings. The van der Waals surface area contributed by atoms with Crippen molar-refractivity contribution in [2.45, 2.75) is 44.7 Å². The van der Waals surface area contributed by atoms with Crippen LogP contribution in [0, 0.1) is 6.92 Å². The van der Waals surface area contributed by atoms with E-state index in [2.05, 4.69) is 5.32 Å². The Labute approximate surface area is 210 Å². The van der Waals surface area contributed by atoms with Gasteiger partial charge >= 0.3 is 0 Å². The van der Waals surface area contributed by atoms with Crippen LogP contribution in [0.5, 0.6) is 11.5 Å². The van der Waals surface area contributed by atoms with Crippen LogP contribution in [0.25, 0.3) is 11.6 Å². The molecule has 1 saturated carbocycles. The first-order valence-corrected chi connectivity index (χ1v) is 12.4. The summed E-state index contributed by atoms with van der Waals surface area (Å²) in [7, 11) is 0. The summed E-state index contributed by atoms with van der Waals surface area (Å²) in [6.07, 6.45) is 5.75. The number of fused-ring (bicyclic) bond motifs is 2. The van der Waals surface area contributed by atoms with Crippen molar-refractivity contribution in [3.05, 3.63) is 83.3 Å². The quantitative estimate of drug-likeness (QED) is 0.498. The van der Waals surface area contributed by atoms with Gasteiger partial charge < -0.3 is 24.5 Å². The summed E-state index contributed by atoms with van der Waals surface area (Å²) in [6, 6.07) is 17.4. The van der Waals surface area contributed by atoms with Crippen LogP contribution in [0.3, 0.4) is 0 Å². The molecule has 5 rings (SSSR count). The average Bonchev–Trinajstić information content (AvgIpc) is 3.51. The average molecular weight is 487 g/mol. The number of carbonyl (C=O) groups excluding carboxylic acids is 2. The van der Waals surface area contributed by atoms with Gasteiger partial charge in [-0.15, -0.1) is 0 Å². The van der Waals surface area contributed by atoms with Crippen LogP contribution in [-0.4, -0.2) is 41.0 Å². The van der Waals surface area contributed by atoms with E-state index in [0.29, 0.717) is 34.2 Å². The minimum Gasteiger partial charge on any atom is -0.464 e. The van der Waals surface area contributed by atoms with E-state index in [-0.39, 0.29) is 25.1 Å². The predicted molar refractivity (Wildman–Crippen MR) is 136 cm³/mol. The highest BCUT2D eigenvalue weighted by Gasteiger charge is 2.37. The van der Waals surface area contributed by atoms with Gasteiger partial charge in [0, 0.05) is 23.7 Å². The van der Waals surface area contributed by atoms with Crippen LogP contribution < -0.4 is 10.1 Å². The van der Waals surface area contributed by atoms with Crippen molar-refractivity contribution in [1.82, 2.24) is 10.2 Å². The van der Waals surface area contributed by atoms with Crippen LogP contribution >= 0.6 is 0 Å². The normalized spacial score (nSPS) is 15.7. The Morgan fingerprint density at radius 1 is 1.03 bits per heavy atom. The van der Waals surface area contributed by atoms with Crippen molar-refractivity contribution < 1.29 is 23.8 Å². The third-order valence-electron chi connectivity index (χ3n) is 6.74. The van der Waals surface area contributed by atoms with Gasteiger partial charge in [0.25, 0.3) is 11.8 Å². The van der Waals surface area contributed by atoms with Crippen LogP contribution in [0.1, 0.15) is 54.4 Å². The molecule has 1 atom stereocenters. The summed E-state index contributed by atoms with van der Waals surface area (Å²) in [5, 5.41) is 13.1. The lowest BCUT2D eigenvalue weighted by Gasteiger charge is -2.31. The first-order chi connectivity index (χ1) is 17.5. The number of hydrogen-bond donors (Lipinski definition) is 2. The maximum atomic E-state index is 14.2. The molecule has 1 aliphatic heterocycles. The van der Waals surface area contributed by atoms with Crippen LogP contribution in [0.15, 0.2) is 65.1 Å². The van der Waals surface area contributed by atoms with Gasteiger partial charge in [0.2, 0.25) is 0 Å². The Morgan fingerprint density at radius 3 is 2.47 bits per heavy atom. The highest BCUT2D eigenvalue weighted by Crippen LogP contribution is 2.39. The molecular weight excluding hydrogens is 456 g/mol. The van der Waals surface area contributed by atoms with Crippen LogP contribution in [0.2, 0.25) is 0 Å². The molecular formula is C29H30N2O5. The minimum absolute atomic E-state index is 0.0383. The number of aliphatic hydroxyl groups excluding tert-OH is 1. The van der Waals surface area contributed by atoms with Crippen molar-refractivity contribution in [2.75, 3.05) is 13.2 Å². The number of aliphatic hydroxyl groups is 1. The van der Waals surface area contributed by atoms with E-state index in [0.717, 1.165) is 31.2 Å². The monoisotopic (exact) mass is 486 g/mol. The van der Waals surface area contributed by atoms with E-state index in [4.69, 9.17) is 9.15 Å². The molecule has 0 saturated heterocycles. The molecule has 0 bridgehead atoms. The molecule has 0 radical (unpaired) electrons. The van der Waals surface area contributed by atoms with Crippen molar-refractivity contribution in [1.29, 1.82) is 0 Å². The fourth-order valence-electron chi connectivity index (χ4n) is 4.98. The Bertz CT molecular complexity index is 1290. The smallest absolute Gasteiger partial charge is 0.255 e. The first-order valence-electron chi connectivity index (χ1n) is 12.4. The molecule has 2 heterocycles. The topological polar surface area (TPSA) is 92.0 Å². The highest BCUT2D eigenvalue weighted by molar-refractivity contribution is 6.25. The third-order valence-corrected chi connectivity index (χ3v) is 6.74. The highest BCUT2D eigenvalue weighted by atomic mass is 16.5. The summed E-state index contributed by atoms with van der Waals surface area (Å²) in [5.74, 6) is 1.49. The number of carbonyl (C=O) groups is 2. The molecule has 2 amide bonds. The molecule has 0 spiro atoms. The van der Waals surface area contributed by atoms with Gasteiger partial charge in [-0.3, -0.25) is 9.59 Å². The fraction of sp³-hybridized carbons (Fsp3) is 0.310. The summed E-state index contributed by atoms with van der Waals surface area (Å²) < 4.78 is 12.0. The molecule has 186 valence electrons. The molecule has 36 heavy (non-hydrogen) atoms. The van der Waals surface area contributed by atoms with Crippen molar-refractivity contribution in [3.63, 3.8) is 0 Å². The summed E-state index contributed by atoms with van der Waals surface area (Å²) >= 11 is 0. The number of nitrogens with zero attached hydrogens (tertiary/aromatic N) is 1. The molecule has 1 unspecified atom stereocenters. The van der Waals surface area contributed by atoms with E-state index in [9.17, 15) is 14.7 Å². The molecule has 2 aromatic carbocycles. The summed E-state index contributed by atoms with van der Waals surface area (Å²) in [5.41, 5.74) is 1.75. The number of furan rings is 1. The molecule has 2 N–H and O–H groups in total. The van der Waals surface area contributed by atoms with Gasteiger partial charge in [-0.05, 0) is 50.1 Å². The van der Waals surface area contributed by atoms with Crippen molar-refractivity contribution in [3.8, 4) is 11.5 Å². The lowest BCUT2D eigenvalue weighted by atomic mass is 9.99. The number of rotatable bonds is 7. The number of aryl methyl sites for hydroxylation is 1. The van der Waals surface area contributed by atoms with Gasteiger partial charge in [0.05, 0.1) is 12.2 Å². The molecule has 7 heteroatoms. The molecule has 1 aliphatic carbocycles. The Hall–Kier alpha value is -3.84. The Morgan fingerprint density at radius 2 is 1.75 bits per heavy atom.